The van der Waals surface area contributed by atoms with Crippen molar-refractivity contribution in [3.8, 4) is 46.6 Å². The van der Waals surface area contributed by atoms with Crippen LogP contribution in [0.1, 0.15) is 74.8 Å². The van der Waals surface area contributed by atoms with E-state index in [1.165, 1.54) is 48.5 Å². The predicted molar refractivity (Wildman–Crippen MR) is 165 cm³/mol. The van der Waals surface area contributed by atoms with Crippen LogP contribution in [0, 0.1) is 22.7 Å². The Morgan fingerprint density at radius 3 is 1.06 bits per heavy atom. The minimum absolute atomic E-state index is 0.0277. The Balaban J connectivity index is 1.52. The number of hydrogen-bond acceptors (Lipinski definition) is 12. The van der Waals surface area contributed by atoms with Crippen LogP contribution < -0.4 is 0 Å². The molecule has 234 valence electrons. The van der Waals surface area contributed by atoms with Crippen molar-refractivity contribution >= 4 is 23.1 Å². The van der Waals surface area contributed by atoms with Crippen LogP contribution in [0.3, 0.4) is 0 Å². The number of nitrogens with zero attached hydrogens (tertiary/aromatic N) is 2. The molecule has 5 aromatic carbocycles. The first-order valence-corrected chi connectivity index (χ1v) is 13.7. The van der Waals surface area contributed by atoms with Crippen LogP contribution in [0.2, 0.25) is 0 Å². The van der Waals surface area contributed by atoms with Crippen molar-refractivity contribution in [2.75, 3.05) is 0 Å². The Hall–Kier alpha value is -7.44. The highest BCUT2D eigenvalue weighted by Gasteiger charge is 2.27. The first kappa shape index (κ1) is 32.0. The summed E-state index contributed by atoms with van der Waals surface area (Å²) in [6, 6.07) is 20.1. The number of phenols is 6. The van der Waals surface area contributed by atoms with Crippen LogP contribution in [0.5, 0.6) is 34.5 Å². The van der Waals surface area contributed by atoms with Crippen LogP contribution in [0.25, 0.3) is 0 Å². The second-order valence-corrected chi connectivity index (χ2v) is 10.3. The van der Waals surface area contributed by atoms with E-state index in [4.69, 9.17) is 0 Å². The molecule has 0 amide bonds. The summed E-state index contributed by atoms with van der Waals surface area (Å²) < 4.78 is 0. The van der Waals surface area contributed by atoms with Crippen LogP contribution in [-0.2, 0) is 0 Å². The largest absolute Gasteiger partial charge is 0.504 e. The third-order valence-electron chi connectivity index (χ3n) is 7.43. The van der Waals surface area contributed by atoms with Gasteiger partial charge in [0.2, 0.25) is 11.5 Å². The molecular weight excluding hydrogens is 620 g/mol. The second kappa shape index (κ2) is 12.5. The topological polar surface area (TPSA) is 237 Å². The number of carbonyl (C=O) groups excluding carboxylic acids is 4. The summed E-state index contributed by atoms with van der Waals surface area (Å²) in [6.45, 7) is 0. The highest BCUT2D eigenvalue weighted by atomic mass is 16.3. The fourth-order valence-electron chi connectivity index (χ4n) is 4.88. The highest BCUT2D eigenvalue weighted by Crippen LogP contribution is 2.39. The first-order valence-electron chi connectivity index (χ1n) is 13.7. The lowest BCUT2D eigenvalue weighted by molar-refractivity contribution is 0.0999. The highest BCUT2D eigenvalue weighted by molar-refractivity contribution is 6.22. The number of carbonyl (C=O) groups is 4. The SMILES string of the molecule is N#Cc1ccc(C(=O)c2ccc(O)c(O)c2O)c(C(=O)c2ccc(C(=O)c3cc(C#N)ccc3C(=O)c3ccc(O)c(O)c3O)cc2)c1. The summed E-state index contributed by atoms with van der Waals surface area (Å²) in [5.41, 5.74) is -1.80. The number of aromatic hydroxyl groups is 6. The van der Waals surface area contributed by atoms with Gasteiger partial charge in [-0.1, -0.05) is 24.3 Å². The van der Waals surface area contributed by atoms with E-state index in [1.807, 2.05) is 12.1 Å². The maximum absolute atomic E-state index is 13.7. The molecule has 0 atom stereocenters. The molecule has 0 radical (unpaired) electrons. The van der Waals surface area contributed by atoms with Gasteiger partial charge in [-0.05, 0) is 60.7 Å². The van der Waals surface area contributed by atoms with Crippen molar-refractivity contribution in [2.45, 2.75) is 0 Å². The van der Waals surface area contributed by atoms with Gasteiger partial charge in [0.25, 0.3) is 0 Å². The molecule has 6 N–H and O–H groups in total. The van der Waals surface area contributed by atoms with Crippen LogP contribution in [-0.4, -0.2) is 53.8 Å². The van der Waals surface area contributed by atoms with Crippen molar-refractivity contribution < 1.29 is 49.8 Å². The molecule has 0 unspecified atom stereocenters. The molecule has 0 fully saturated rings. The molecular formula is C36H20N2O10. The van der Waals surface area contributed by atoms with Crippen LogP contribution in [0.15, 0.2) is 84.9 Å². The number of ketones is 4. The van der Waals surface area contributed by atoms with E-state index in [0.717, 1.165) is 36.4 Å². The van der Waals surface area contributed by atoms with E-state index in [2.05, 4.69) is 0 Å². The van der Waals surface area contributed by atoms with Gasteiger partial charge in [0, 0.05) is 33.4 Å². The Labute approximate surface area is 270 Å². The maximum atomic E-state index is 13.7. The van der Waals surface area contributed by atoms with Gasteiger partial charge in [-0.25, -0.2) is 0 Å². The van der Waals surface area contributed by atoms with E-state index >= 15 is 0 Å². The molecule has 0 saturated heterocycles. The average Bonchev–Trinajstić information content (AvgIpc) is 3.11. The van der Waals surface area contributed by atoms with Gasteiger partial charge < -0.3 is 30.6 Å². The van der Waals surface area contributed by atoms with Gasteiger partial charge in [0.1, 0.15) is 0 Å². The van der Waals surface area contributed by atoms with Gasteiger partial charge in [-0.15, -0.1) is 0 Å². The fourth-order valence-corrected chi connectivity index (χ4v) is 4.88. The number of phenolic OH excluding ortho intramolecular Hbond substituents is 6. The summed E-state index contributed by atoms with van der Waals surface area (Å²) in [7, 11) is 0. The predicted octanol–water partition coefficient (Wildman–Crippen LogP) is 4.59. The van der Waals surface area contributed by atoms with Crippen LogP contribution in [0.4, 0.5) is 0 Å². The third-order valence-corrected chi connectivity index (χ3v) is 7.43. The standard InChI is InChI=1S/C36H20N2O10/c37-15-17-1-7-21(31(43)23-9-11-27(39)35(47)33(23)45)25(13-17)29(41)19-3-5-20(6-4-19)30(42)26-14-18(16-38)2-8-22(26)32(44)24-10-12-28(40)36(48)34(24)46/h1-14,39-40,45-48H. The molecule has 0 aliphatic heterocycles. The number of rotatable bonds is 8. The van der Waals surface area contributed by atoms with E-state index in [1.54, 1.807) is 0 Å². The zero-order valence-electron chi connectivity index (χ0n) is 24.3. The van der Waals surface area contributed by atoms with E-state index in [-0.39, 0.29) is 44.5 Å². The number of benzene rings is 5. The quantitative estimate of drug-likeness (QED) is 0.101. The Morgan fingerprint density at radius 2 is 0.729 bits per heavy atom. The Morgan fingerprint density at radius 1 is 0.396 bits per heavy atom. The molecule has 0 aliphatic carbocycles. The lowest BCUT2D eigenvalue weighted by Gasteiger charge is -2.12. The van der Waals surface area contributed by atoms with Crippen molar-refractivity contribution in [2.24, 2.45) is 0 Å². The van der Waals surface area contributed by atoms with Gasteiger partial charge in [-0.2, -0.15) is 10.5 Å². The molecule has 0 aliphatic rings. The van der Waals surface area contributed by atoms with E-state index in [0.29, 0.717) is 0 Å². The summed E-state index contributed by atoms with van der Waals surface area (Å²) in [6.07, 6.45) is 0. The summed E-state index contributed by atoms with van der Waals surface area (Å²) in [4.78, 5) is 54.0. The molecule has 0 aromatic heterocycles. The lowest BCUT2D eigenvalue weighted by Crippen LogP contribution is -2.13. The summed E-state index contributed by atoms with van der Waals surface area (Å²) in [5, 5.41) is 78.4. The van der Waals surface area contributed by atoms with E-state index in [9.17, 15) is 60.3 Å². The normalized spacial score (nSPS) is 10.5. The maximum Gasteiger partial charge on any atom is 0.201 e. The molecule has 48 heavy (non-hydrogen) atoms. The van der Waals surface area contributed by atoms with Gasteiger partial charge in [0.05, 0.1) is 34.4 Å². The number of hydrogen-bond donors (Lipinski definition) is 6. The Kier molecular flexibility index (Phi) is 8.33. The number of nitriles is 2. The lowest BCUT2D eigenvalue weighted by atomic mass is 9.89. The zero-order valence-corrected chi connectivity index (χ0v) is 24.3. The molecule has 0 saturated carbocycles. The molecule has 0 heterocycles. The Bertz CT molecular complexity index is 2130. The fraction of sp³-hybridized carbons (Fsp3) is 0. The molecule has 5 rings (SSSR count). The van der Waals surface area contributed by atoms with Gasteiger partial charge in [-0.3, -0.25) is 19.2 Å². The van der Waals surface area contributed by atoms with Crippen molar-refractivity contribution in [3.05, 3.63) is 141 Å². The first-order chi connectivity index (χ1) is 22.9. The summed E-state index contributed by atoms with van der Waals surface area (Å²) in [5.74, 6) is -8.36. The van der Waals surface area contributed by atoms with Crippen LogP contribution >= 0.6 is 0 Å². The monoisotopic (exact) mass is 640 g/mol. The van der Waals surface area contributed by atoms with Crippen molar-refractivity contribution in [3.63, 3.8) is 0 Å². The molecule has 0 spiro atoms. The molecule has 12 nitrogen and oxygen atoms in total. The van der Waals surface area contributed by atoms with E-state index < -0.39 is 68.8 Å². The third kappa shape index (κ3) is 5.60. The zero-order chi connectivity index (χ0) is 34.9. The minimum atomic E-state index is -0.939. The molecule has 5 aromatic rings. The van der Waals surface area contributed by atoms with Gasteiger partial charge >= 0.3 is 0 Å². The molecule has 12 heteroatoms. The molecule has 0 bridgehead atoms. The van der Waals surface area contributed by atoms with Crippen molar-refractivity contribution in [1.82, 2.24) is 0 Å². The van der Waals surface area contributed by atoms with Crippen molar-refractivity contribution in [1.29, 1.82) is 10.5 Å². The second-order valence-electron chi connectivity index (χ2n) is 10.3. The minimum Gasteiger partial charge on any atom is -0.504 e. The average molecular weight is 641 g/mol. The van der Waals surface area contributed by atoms with Gasteiger partial charge in [0.15, 0.2) is 46.1 Å². The summed E-state index contributed by atoms with van der Waals surface area (Å²) >= 11 is 0. The smallest absolute Gasteiger partial charge is 0.201 e.